The molecule has 37 heteroatoms. The Morgan fingerprint density at radius 1 is 0.329 bits per heavy atom. The quantitative estimate of drug-likeness (QED) is 0.0420. The van der Waals surface area contributed by atoms with Crippen molar-refractivity contribution in [3.8, 4) is 91.1 Å². The molecule has 1 aliphatic carbocycles. The Kier molecular flexibility index (Phi) is 25.6. The molecule has 24 rings (SSSR count). The van der Waals surface area contributed by atoms with E-state index in [1.165, 1.54) is 31.4 Å². The largest absolute Gasteiger partial charge is 0.508 e. The molecule has 0 aliphatic heterocycles. The van der Waals surface area contributed by atoms with Gasteiger partial charge in [0.25, 0.3) is 22.2 Å². The molecule has 1 saturated carbocycles. The summed E-state index contributed by atoms with van der Waals surface area (Å²) in [5.41, 5.74) is 40.4. The number of nitrogen functional groups attached to an aromatic ring is 4. The Morgan fingerprint density at radius 3 is 1.01 bits per heavy atom. The van der Waals surface area contributed by atoms with Crippen LogP contribution in [-0.4, -0.2) is 135 Å². The standard InChI is InChI=1S/C29H24N6O3.C28H22ClN7O2.C28H23N7O2.C27H25ClN6O2/c1-17-7-5-8-18-13-20(35(29(37)24(17)18)22-11-3-4-12-23(22)38-2)15-34-28-25(27(30)31-16-32-28)26(33-34)19-9-6-10-21(36)14-19;1-15-5-3-7-17-11-19(36(28(38)22(15)17)26-16(2)6-4-10-31-26)13-35-27-23(25(30)32-14-33-27)24(34-35)18-8-9-20(29)21(37)12-18;1-16-6-3-8-18-12-20(35(28(37)22(16)18)26-17(2)7-5-11-30-26)14-34-27-23(25(29)31-15-32-27)24(33-34)19-9-4-10-21(36)13-19;1-15-5-4-6-16-11-19(34(27(36)22(15)16)18-7-2-3-8-18)13-33-26-23(25(29)30-14-31-26)24(32-33)17-9-10-20(28)21(35)12-17/h3-14,16,36H,15H2,1-2H3,(H2,30,31,32);3-12,14,37H,13H2,1-2H3,(H2,30,32,33);3-13,15,36H,14H2,1-2H3,(H2,29,31,32);4-6,9-12,14,18,35H,2-3,7-8,13H2,1H3,(H2,29,30,31). The highest BCUT2D eigenvalue weighted by molar-refractivity contribution is 6.32. The van der Waals surface area contributed by atoms with Gasteiger partial charge in [-0.05, 0) is 206 Å². The zero-order valence-electron chi connectivity index (χ0n) is 81.4. The molecule has 0 unspecified atom stereocenters. The Hall–Kier alpha value is -18.9. The number of phenolic OH excluding ortho intramolecular Hbond substituents is 4. The smallest absolute Gasteiger partial charge is 0.264 e. The van der Waals surface area contributed by atoms with Gasteiger partial charge in [0.15, 0.2) is 22.6 Å². The van der Waals surface area contributed by atoms with Crippen molar-refractivity contribution < 1.29 is 25.2 Å². The van der Waals surface area contributed by atoms with E-state index >= 15 is 0 Å². The van der Waals surface area contributed by atoms with Gasteiger partial charge in [0, 0.05) is 52.1 Å². The lowest BCUT2D eigenvalue weighted by molar-refractivity contribution is 0.412. The minimum atomic E-state index is -0.161. The summed E-state index contributed by atoms with van der Waals surface area (Å²) in [6.45, 7) is 12.6. The first-order chi connectivity index (χ1) is 72.1. The zero-order valence-corrected chi connectivity index (χ0v) is 82.9. The Morgan fingerprint density at radius 2 is 0.651 bits per heavy atom. The van der Waals surface area contributed by atoms with Crippen LogP contribution < -0.4 is 49.9 Å². The molecule has 0 radical (unpaired) electrons. The van der Waals surface area contributed by atoms with Crippen molar-refractivity contribution in [1.82, 2.24) is 107 Å². The number of para-hydroxylation sites is 2. The fourth-order valence-electron chi connectivity index (χ4n) is 20.0. The Bertz CT molecular complexity index is 9620. The average molecular weight is 2020 g/mol. The number of aryl methyl sites for hydroxylation is 6. The number of benzene rings is 9. The number of nitrogens with two attached hydrogens (primary N) is 4. The molecule has 0 bridgehead atoms. The van der Waals surface area contributed by atoms with Crippen LogP contribution >= 0.6 is 23.2 Å². The van der Waals surface area contributed by atoms with Gasteiger partial charge in [-0.15, -0.1) is 0 Å². The molecule has 14 heterocycles. The number of aromatic nitrogens is 22. The van der Waals surface area contributed by atoms with E-state index in [0.717, 1.165) is 91.7 Å². The van der Waals surface area contributed by atoms with Crippen molar-refractivity contribution in [2.24, 2.45) is 0 Å². The number of methoxy groups -OCH3 is 1. The van der Waals surface area contributed by atoms with Crippen molar-refractivity contribution in [2.45, 2.75) is 99.4 Å². The van der Waals surface area contributed by atoms with Gasteiger partial charge in [-0.25, -0.2) is 68.6 Å². The number of aromatic hydroxyl groups is 4. The second-order valence-electron chi connectivity index (χ2n) is 36.5. The van der Waals surface area contributed by atoms with E-state index < -0.39 is 0 Å². The van der Waals surface area contributed by atoms with Gasteiger partial charge in [-0.2, -0.15) is 20.4 Å². The maximum absolute atomic E-state index is 14.0. The molecule has 23 aromatic rings. The van der Waals surface area contributed by atoms with E-state index in [1.54, 1.807) is 119 Å². The van der Waals surface area contributed by atoms with Crippen LogP contribution in [0.3, 0.4) is 0 Å². The molecule has 0 atom stereocenters. The van der Waals surface area contributed by atoms with Gasteiger partial charge >= 0.3 is 0 Å². The molecule has 1 fully saturated rings. The van der Waals surface area contributed by atoms with Gasteiger partial charge in [-0.3, -0.25) is 32.9 Å². The highest BCUT2D eigenvalue weighted by Gasteiger charge is 2.30. The first-order valence-electron chi connectivity index (χ1n) is 47.6. The molecule has 0 spiro atoms. The number of halogens is 2. The van der Waals surface area contributed by atoms with Crippen molar-refractivity contribution in [2.75, 3.05) is 30.0 Å². The summed E-state index contributed by atoms with van der Waals surface area (Å²) in [5.74, 6) is 2.86. The van der Waals surface area contributed by atoms with E-state index in [0.29, 0.717) is 152 Å². The number of hydrogen-bond donors (Lipinski definition) is 8. The van der Waals surface area contributed by atoms with E-state index in [2.05, 4.69) is 55.9 Å². The number of anilines is 4. The molecular weight excluding hydrogens is 1920 g/mol. The molecule has 1 aliphatic rings. The van der Waals surface area contributed by atoms with Crippen LogP contribution in [0, 0.1) is 41.5 Å². The second kappa shape index (κ2) is 39.7. The third kappa shape index (κ3) is 17.9. The highest BCUT2D eigenvalue weighted by Crippen LogP contribution is 2.42. The predicted molar refractivity (Wildman–Crippen MR) is 579 cm³/mol. The molecule has 149 heavy (non-hydrogen) atoms. The van der Waals surface area contributed by atoms with Crippen molar-refractivity contribution in [1.29, 1.82) is 0 Å². The fraction of sp³-hybridized carbons (Fsp3) is 0.143. The zero-order chi connectivity index (χ0) is 104. The number of rotatable bonds is 17. The maximum Gasteiger partial charge on any atom is 0.264 e. The SMILES string of the molecule is COc1ccccc1-n1c(Cn2nc(-c3cccc(O)c3)c3c(N)ncnc32)cc2cccc(C)c2c1=O.Cc1cccc2cc(Cn3nc(-c4ccc(Cl)c(O)c4)c4c(N)ncnc43)n(C3CCCC3)c(=O)c12.Cc1cccnc1-n1c(Cn2nc(-c3ccc(Cl)c(O)c3)c3c(N)ncnc32)cc2cccc(C)c2c1=O.Cc1cccnc1-n1c(Cn2nc(-c3cccc(O)c3)c3c(N)ncnc32)cc2cccc(C)c2c1=O. The van der Waals surface area contributed by atoms with Crippen LogP contribution in [0.4, 0.5) is 23.3 Å². The van der Waals surface area contributed by atoms with E-state index in [9.17, 15) is 39.6 Å². The number of ether oxygens (including phenoxy) is 1. The van der Waals surface area contributed by atoms with Crippen LogP contribution in [0.1, 0.15) is 87.9 Å². The summed E-state index contributed by atoms with van der Waals surface area (Å²) < 4.78 is 19.4. The lowest BCUT2D eigenvalue weighted by Crippen LogP contribution is -2.28. The van der Waals surface area contributed by atoms with Gasteiger partial charge in [0.1, 0.15) is 112 Å². The molecule has 0 saturated heterocycles. The number of nitrogens with zero attached hydrogens (tertiary/aromatic N) is 22. The van der Waals surface area contributed by atoms with Crippen LogP contribution in [-0.2, 0) is 26.2 Å². The number of hydrogen-bond acceptors (Lipinski definition) is 27. The summed E-state index contributed by atoms with van der Waals surface area (Å²) in [6, 6.07) is 69.8. The van der Waals surface area contributed by atoms with Crippen molar-refractivity contribution >= 4 is 134 Å². The minimum absolute atomic E-state index is 0.0425. The number of phenols is 4. The summed E-state index contributed by atoms with van der Waals surface area (Å²) in [5, 5.41) is 68.7. The molecule has 12 N–H and O–H groups in total. The fourth-order valence-corrected chi connectivity index (χ4v) is 20.2. The summed E-state index contributed by atoms with van der Waals surface area (Å²) in [6.07, 6.45) is 13.1. The monoisotopic (exact) mass is 2020 g/mol. The molecule has 14 aromatic heterocycles. The van der Waals surface area contributed by atoms with Gasteiger partial charge in [0.2, 0.25) is 0 Å². The number of pyridine rings is 6. The van der Waals surface area contributed by atoms with Gasteiger partial charge < -0.3 is 52.7 Å². The number of fused-ring (bicyclic) bond motifs is 8. The summed E-state index contributed by atoms with van der Waals surface area (Å²) >= 11 is 12.1. The average Bonchev–Trinajstić information content (AvgIpc) is 1.70. The van der Waals surface area contributed by atoms with Crippen molar-refractivity contribution in [3.63, 3.8) is 0 Å². The second-order valence-corrected chi connectivity index (χ2v) is 37.3. The minimum Gasteiger partial charge on any atom is -0.508 e. The van der Waals surface area contributed by atoms with E-state index in [1.807, 2.05) is 198 Å². The highest BCUT2D eigenvalue weighted by atomic mass is 35.5. The van der Waals surface area contributed by atoms with E-state index in [-0.39, 0.29) is 104 Å². The molecule has 0 amide bonds. The first kappa shape index (κ1) is 96.2. The predicted octanol–water partition coefficient (Wildman–Crippen LogP) is 18.6. The molecule has 35 nitrogen and oxygen atoms in total. The third-order valence-corrected chi connectivity index (χ3v) is 27.6. The lowest BCUT2D eigenvalue weighted by Gasteiger charge is -2.21. The molecule has 9 aromatic carbocycles. The molecular formula is C112H94Cl2N26O9. The van der Waals surface area contributed by atoms with Gasteiger partial charge in [-0.1, -0.05) is 170 Å². The lowest BCUT2D eigenvalue weighted by atomic mass is 10.0. The van der Waals surface area contributed by atoms with Crippen LogP contribution in [0.2, 0.25) is 10.0 Å². The first-order valence-corrected chi connectivity index (χ1v) is 48.4. The van der Waals surface area contributed by atoms with Crippen molar-refractivity contribution in [3.05, 3.63) is 376 Å². The maximum atomic E-state index is 14.0. The van der Waals surface area contributed by atoms with Crippen LogP contribution in [0.15, 0.2) is 287 Å². The van der Waals surface area contributed by atoms with Crippen LogP contribution in [0.5, 0.6) is 28.7 Å². The third-order valence-electron chi connectivity index (χ3n) is 26.9. The molecule has 740 valence electrons. The summed E-state index contributed by atoms with van der Waals surface area (Å²) in [7, 11) is 1.58. The van der Waals surface area contributed by atoms with Gasteiger partial charge in [0.05, 0.1) is 103 Å². The normalized spacial score (nSPS) is 12.1. The Labute approximate surface area is 857 Å². The topological polar surface area (TPSA) is 482 Å². The van der Waals surface area contributed by atoms with E-state index in [4.69, 9.17) is 71.3 Å². The Balaban J connectivity index is 0.000000116. The summed E-state index contributed by atoms with van der Waals surface area (Å²) in [4.78, 5) is 99.3. The van der Waals surface area contributed by atoms with Crippen LogP contribution in [0.25, 0.3) is 150 Å².